The van der Waals surface area contributed by atoms with E-state index in [1.807, 2.05) is 24.3 Å². The first kappa shape index (κ1) is 25.5. The average molecular weight is 550 g/mol. The van der Waals surface area contributed by atoms with Gasteiger partial charge in [-0.1, -0.05) is 66.2 Å². The predicted molar refractivity (Wildman–Crippen MR) is 163 cm³/mol. The molecule has 3 aliphatic rings. The van der Waals surface area contributed by atoms with Crippen LogP contribution in [0.4, 0.5) is 0 Å². The number of aromatic nitrogens is 1. The van der Waals surface area contributed by atoms with Gasteiger partial charge in [-0.15, -0.1) is 6.58 Å². The zero-order valence-electron chi connectivity index (χ0n) is 22.8. The van der Waals surface area contributed by atoms with Crippen LogP contribution in [0.25, 0.3) is 32.4 Å². The zero-order chi connectivity index (χ0) is 27.5. The van der Waals surface area contributed by atoms with Crippen molar-refractivity contribution in [3.8, 4) is 5.75 Å². The second kappa shape index (κ2) is 9.59. The fourth-order valence-corrected chi connectivity index (χ4v) is 8.21. The normalized spacial score (nSPS) is 25.7. The van der Waals surface area contributed by atoms with Crippen molar-refractivity contribution < 1.29 is 14.3 Å². The van der Waals surface area contributed by atoms with E-state index in [1.165, 1.54) is 27.1 Å². The fourth-order valence-electron chi connectivity index (χ4n) is 7.75. The van der Waals surface area contributed by atoms with Gasteiger partial charge in [-0.3, -0.25) is 4.98 Å². The van der Waals surface area contributed by atoms with Gasteiger partial charge in [0.15, 0.2) is 0 Å². The molecule has 0 aliphatic carbocycles. The molecule has 3 fully saturated rings. The van der Waals surface area contributed by atoms with Crippen LogP contribution >= 0.6 is 11.6 Å². The van der Waals surface area contributed by atoms with Crippen LogP contribution in [-0.4, -0.2) is 40.8 Å². The summed E-state index contributed by atoms with van der Waals surface area (Å²) in [6.07, 6.45) is 5.83. The van der Waals surface area contributed by atoms with Crippen molar-refractivity contribution in [1.29, 1.82) is 0 Å². The molecule has 1 N–H and O–H groups in total. The number of halogens is 1. The number of ether oxygens (including phenoxy) is 1. The van der Waals surface area contributed by atoms with Crippen molar-refractivity contribution >= 4 is 44.0 Å². The second-order valence-electron chi connectivity index (χ2n) is 11.7. The lowest BCUT2D eigenvalue weighted by atomic mass is 9.70. The van der Waals surface area contributed by atoms with Gasteiger partial charge in [-0.05, 0) is 57.8 Å². The van der Waals surface area contributed by atoms with Crippen molar-refractivity contribution in [2.45, 2.75) is 30.5 Å². The summed E-state index contributed by atoms with van der Waals surface area (Å²) in [4.78, 5) is 4.56. The summed E-state index contributed by atoms with van der Waals surface area (Å²) in [7, 11) is 1.65. The zero-order valence-corrected chi connectivity index (χ0v) is 23.5. The molecule has 5 atom stereocenters. The molecule has 4 unspecified atom stereocenters. The summed E-state index contributed by atoms with van der Waals surface area (Å²) >= 11 is 7.44. The molecule has 8 rings (SSSR count). The van der Waals surface area contributed by atoms with Crippen molar-refractivity contribution in [2.75, 3.05) is 20.2 Å². The number of piperidine rings is 3. The second-order valence-corrected chi connectivity index (χ2v) is 12.3. The molecule has 0 spiro atoms. The van der Waals surface area contributed by atoms with Crippen molar-refractivity contribution in [1.82, 2.24) is 4.98 Å². The number of fused-ring (bicyclic) bond motifs is 6. The van der Waals surface area contributed by atoms with Crippen LogP contribution in [0, 0.1) is 11.8 Å². The Morgan fingerprint density at radius 3 is 2.45 bits per heavy atom. The van der Waals surface area contributed by atoms with Gasteiger partial charge in [0.05, 0.1) is 25.7 Å². The summed E-state index contributed by atoms with van der Waals surface area (Å²) in [6.45, 7) is 6.90. The third-order valence-electron chi connectivity index (χ3n) is 9.74. The van der Waals surface area contributed by atoms with E-state index in [0.29, 0.717) is 17.4 Å². The maximum atomic E-state index is 12.5. The third kappa shape index (κ3) is 3.93. The summed E-state index contributed by atoms with van der Waals surface area (Å²) in [6, 6.07) is 27.1. The van der Waals surface area contributed by atoms with E-state index in [0.717, 1.165) is 53.6 Å². The maximum Gasteiger partial charge on any atom is 0.217 e. The Bertz CT molecular complexity index is 1710. The van der Waals surface area contributed by atoms with Crippen LogP contribution < -0.4 is 4.74 Å². The molecule has 202 valence electrons. The lowest BCUT2D eigenvalue weighted by Gasteiger charge is -2.59. The lowest BCUT2D eigenvalue weighted by Crippen LogP contribution is -2.70. The van der Waals surface area contributed by atoms with E-state index in [2.05, 4.69) is 72.2 Å². The highest BCUT2D eigenvalue weighted by molar-refractivity contribution is 6.24. The Kier molecular flexibility index (Phi) is 6.12. The maximum absolute atomic E-state index is 12.5. The molecule has 0 radical (unpaired) electrons. The van der Waals surface area contributed by atoms with Gasteiger partial charge in [-0.2, -0.15) is 0 Å². The van der Waals surface area contributed by atoms with Gasteiger partial charge in [0.2, 0.25) is 5.06 Å². The number of quaternary nitrogens is 1. The SMILES string of the molecule is C=CC1C[N+]2(Cc3c4ccccc4cc4ccccc34)CCC1CC2[C@](O)(Cl)c1ccnc2ccc(OC)cc12. The van der Waals surface area contributed by atoms with Gasteiger partial charge < -0.3 is 14.3 Å². The van der Waals surface area contributed by atoms with Gasteiger partial charge in [-0.25, -0.2) is 0 Å². The highest BCUT2D eigenvalue weighted by Gasteiger charge is 2.59. The Morgan fingerprint density at radius 1 is 1.02 bits per heavy atom. The number of alkyl halides is 1. The fraction of sp³-hybridized carbons (Fsp3) is 0.286. The number of rotatable bonds is 6. The average Bonchev–Trinajstić information content (AvgIpc) is 3.00. The van der Waals surface area contributed by atoms with Gasteiger partial charge in [0.25, 0.3) is 0 Å². The largest absolute Gasteiger partial charge is 0.497 e. The van der Waals surface area contributed by atoms with Crippen molar-refractivity contribution in [3.63, 3.8) is 0 Å². The van der Waals surface area contributed by atoms with E-state index < -0.39 is 5.06 Å². The molecule has 5 aromatic rings. The molecule has 1 aromatic heterocycles. The number of pyridine rings is 1. The minimum Gasteiger partial charge on any atom is -0.497 e. The minimum atomic E-state index is -1.58. The van der Waals surface area contributed by atoms with E-state index in [9.17, 15) is 5.11 Å². The Hall–Kier alpha value is -3.44. The molecule has 3 aliphatic heterocycles. The number of nitrogens with zero attached hydrogens (tertiary/aromatic N) is 2. The minimum absolute atomic E-state index is 0.196. The van der Waals surface area contributed by atoms with Gasteiger partial charge >= 0.3 is 0 Å². The molecule has 3 saturated heterocycles. The van der Waals surface area contributed by atoms with E-state index >= 15 is 0 Å². The molecule has 4 nitrogen and oxygen atoms in total. The molecular formula is C35H34ClN2O2+. The quantitative estimate of drug-likeness (QED) is 0.103. The van der Waals surface area contributed by atoms with Crippen LogP contribution in [0.5, 0.6) is 5.75 Å². The van der Waals surface area contributed by atoms with E-state index in [4.69, 9.17) is 16.3 Å². The number of hydrogen-bond donors (Lipinski definition) is 1. The molecule has 4 aromatic carbocycles. The van der Waals surface area contributed by atoms with Crippen LogP contribution in [0.1, 0.15) is 24.0 Å². The first-order valence-corrected chi connectivity index (χ1v) is 14.5. The van der Waals surface area contributed by atoms with Crippen LogP contribution in [0.3, 0.4) is 0 Å². The van der Waals surface area contributed by atoms with Gasteiger partial charge in [0, 0.05) is 41.5 Å². The molecule has 40 heavy (non-hydrogen) atoms. The lowest BCUT2D eigenvalue weighted by molar-refractivity contribution is -0.986. The molecule has 5 heteroatoms. The molecule has 4 heterocycles. The standard InChI is InChI=1S/C35H34ClN2O2/c1-3-23-21-38(22-31-28-10-6-4-8-25(28)18-26-9-5-7-11-29(26)31)17-15-24(23)19-34(38)35(36,39)32-14-16-37-33-13-12-27(40-2)20-30(32)33/h3-14,16,18,20,23-24,34,39H,1,15,17,19,21-22H2,2H3/q+1/t23?,24?,34?,35-,38?/m0/s1. The summed E-state index contributed by atoms with van der Waals surface area (Å²) in [5.41, 5.74) is 2.82. The molecule has 2 bridgehead atoms. The smallest absolute Gasteiger partial charge is 0.217 e. The van der Waals surface area contributed by atoms with Crippen LogP contribution in [-0.2, 0) is 11.6 Å². The Balaban J connectivity index is 1.42. The van der Waals surface area contributed by atoms with E-state index in [-0.39, 0.29) is 6.04 Å². The summed E-state index contributed by atoms with van der Waals surface area (Å²) < 4.78 is 6.25. The van der Waals surface area contributed by atoms with Crippen LogP contribution in [0.2, 0.25) is 0 Å². The summed E-state index contributed by atoms with van der Waals surface area (Å²) in [5.74, 6) is 1.57. The van der Waals surface area contributed by atoms with E-state index in [1.54, 1.807) is 13.3 Å². The number of benzene rings is 4. The van der Waals surface area contributed by atoms with Gasteiger partial charge in [0.1, 0.15) is 18.3 Å². The topological polar surface area (TPSA) is 42.4 Å². The third-order valence-corrected chi connectivity index (χ3v) is 10.2. The van der Waals surface area contributed by atoms with Crippen molar-refractivity contribution in [2.24, 2.45) is 11.8 Å². The first-order chi connectivity index (χ1) is 19.4. The van der Waals surface area contributed by atoms with Crippen molar-refractivity contribution in [3.05, 3.63) is 109 Å². The molecule has 0 amide bonds. The number of aliphatic hydroxyl groups is 1. The summed E-state index contributed by atoms with van der Waals surface area (Å²) in [5, 5.41) is 16.7. The highest BCUT2D eigenvalue weighted by Crippen LogP contribution is 2.52. The Labute approximate surface area is 240 Å². The Morgan fingerprint density at radius 2 is 1.75 bits per heavy atom. The highest BCUT2D eigenvalue weighted by atomic mass is 35.5. The number of methoxy groups -OCH3 is 1. The first-order valence-electron chi connectivity index (χ1n) is 14.2. The number of hydrogen-bond acceptors (Lipinski definition) is 3. The molecule has 0 saturated carbocycles. The predicted octanol–water partition coefficient (Wildman–Crippen LogP) is 7.55. The van der Waals surface area contributed by atoms with Crippen LogP contribution in [0.15, 0.2) is 97.7 Å². The monoisotopic (exact) mass is 549 g/mol. The molecular weight excluding hydrogens is 516 g/mol.